The number of rotatable bonds is 5. The number of piperidine rings is 1. The fraction of sp³-hybridized carbons (Fsp3) is 0.818. The van der Waals surface area contributed by atoms with Gasteiger partial charge in [0.05, 0.1) is 0 Å². The topological polar surface area (TPSA) is 60.2 Å². The van der Waals surface area contributed by atoms with Crippen molar-refractivity contribution >= 4 is 0 Å². The van der Waals surface area contributed by atoms with Gasteiger partial charge in [0.1, 0.15) is 6.61 Å². The second-order valence-corrected chi connectivity index (χ2v) is 4.28. The van der Waals surface area contributed by atoms with Crippen LogP contribution in [0.3, 0.4) is 0 Å². The molecule has 1 saturated heterocycles. The smallest absolute Gasteiger partial charge is 0.223 e. The van der Waals surface area contributed by atoms with E-state index < -0.39 is 0 Å². The molecule has 1 fully saturated rings. The van der Waals surface area contributed by atoms with Gasteiger partial charge in [-0.1, -0.05) is 5.16 Å². The molecular weight excluding hydrogens is 206 g/mol. The third-order valence-electron chi connectivity index (χ3n) is 2.87. The summed E-state index contributed by atoms with van der Waals surface area (Å²) in [5.41, 5.74) is 0. The number of hydrogen-bond acceptors (Lipinski definition) is 5. The Morgan fingerprint density at radius 2 is 2.50 bits per heavy atom. The third kappa shape index (κ3) is 3.57. The number of aryl methyl sites for hydroxylation is 1. The van der Waals surface area contributed by atoms with Crippen molar-refractivity contribution in [1.29, 1.82) is 0 Å². The van der Waals surface area contributed by atoms with Gasteiger partial charge in [-0.25, -0.2) is 0 Å². The maximum absolute atomic E-state index is 5.52. The number of aromatic nitrogens is 2. The summed E-state index contributed by atoms with van der Waals surface area (Å²) in [7, 11) is 0. The van der Waals surface area contributed by atoms with Gasteiger partial charge in [0.15, 0.2) is 5.82 Å². The molecule has 2 heterocycles. The molecule has 1 atom stereocenters. The zero-order valence-electron chi connectivity index (χ0n) is 9.74. The maximum Gasteiger partial charge on any atom is 0.223 e. The van der Waals surface area contributed by atoms with Crippen LogP contribution in [0.5, 0.6) is 0 Å². The van der Waals surface area contributed by atoms with E-state index in [2.05, 4.69) is 15.5 Å². The predicted octanol–water partition coefficient (Wildman–Crippen LogP) is 1.28. The summed E-state index contributed by atoms with van der Waals surface area (Å²) in [6.45, 7) is 5.31. The van der Waals surface area contributed by atoms with E-state index in [-0.39, 0.29) is 0 Å². The van der Waals surface area contributed by atoms with Crippen LogP contribution < -0.4 is 5.32 Å². The maximum atomic E-state index is 5.52. The van der Waals surface area contributed by atoms with Crippen molar-refractivity contribution in [2.75, 3.05) is 19.7 Å². The van der Waals surface area contributed by atoms with E-state index in [9.17, 15) is 0 Å². The van der Waals surface area contributed by atoms with E-state index >= 15 is 0 Å². The van der Waals surface area contributed by atoms with Gasteiger partial charge in [-0.15, -0.1) is 0 Å². The van der Waals surface area contributed by atoms with Crippen molar-refractivity contribution in [2.24, 2.45) is 5.92 Å². The lowest BCUT2D eigenvalue weighted by Crippen LogP contribution is -2.30. The summed E-state index contributed by atoms with van der Waals surface area (Å²) in [6.07, 6.45) is 3.72. The minimum atomic E-state index is 0.456. The molecule has 0 spiro atoms. The van der Waals surface area contributed by atoms with Crippen LogP contribution in [-0.2, 0) is 11.3 Å². The van der Waals surface area contributed by atoms with Crippen LogP contribution in [0.1, 0.15) is 31.0 Å². The minimum Gasteiger partial charge on any atom is -0.373 e. The van der Waals surface area contributed by atoms with Gasteiger partial charge in [0, 0.05) is 13.5 Å². The zero-order valence-corrected chi connectivity index (χ0v) is 9.74. The van der Waals surface area contributed by atoms with Gasteiger partial charge in [-0.2, -0.15) is 4.98 Å². The second-order valence-electron chi connectivity index (χ2n) is 4.28. The van der Waals surface area contributed by atoms with E-state index in [0.717, 1.165) is 25.5 Å². The molecule has 90 valence electrons. The highest BCUT2D eigenvalue weighted by Gasteiger charge is 2.12. The van der Waals surface area contributed by atoms with Gasteiger partial charge >= 0.3 is 0 Å². The fourth-order valence-electron chi connectivity index (χ4n) is 1.98. The second kappa shape index (κ2) is 5.96. The fourth-order valence-corrected chi connectivity index (χ4v) is 1.98. The van der Waals surface area contributed by atoms with Crippen molar-refractivity contribution < 1.29 is 9.26 Å². The van der Waals surface area contributed by atoms with E-state index in [1.807, 2.05) is 0 Å². The predicted molar refractivity (Wildman–Crippen MR) is 58.9 cm³/mol. The van der Waals surface area contributed by atoms with Gasteiger partial charge < -0.3 is 14.6 Å². The lowest BCUT2D eigenvalue weighted by molar-refractivity contribution is 0.0972. The van der Waals surface area contributed by atoms with Gasteiger partial charge in [-0.3, -0.25) is 0 Å². The number of hydrogen-bond donors (Lipinski definition) is 1. The Bertz CT molecular complexity index is 308. The summed E-state index contributed by atoms with van der Waals surface area (Å²) < 4.78 is 10.4. The van der Waals surface area contributed by atoms with Crippen LogP contribution >= 0.6 is 0 Å². The average molecular weight is 225 g/mol. The standard InChI is InChI=1S/C11H19N3O2/c1-9-13-11(14-16-9)8-15-6-4-10-3-2-5-12-7-10/h10,12H,2-8H2,1H3. The summed E-state index contributed by atoms with van der Waals surface area (Å²) in [5, 5.41) is 7.18. The minimum absolute atomic E-state index is 0.456. The van der Waals surface area contributed by atoms with Crippen LogP contribution in [0.15, 0.2) is 4.52 Å². The zero-order chi connectivity index (χ0) is 11.2. The van der Waals surface area contributed by atoms with Gasteiger partial charge in [0.25, 0.3) is 0 Å². The molecule has 5 heteroatoms. The molecule has 16 heavy (non-hydrogen) atoms. The normalized spacial score (nSPS) is 21.2. The first-order valence-corrected chi connectivity index (χ1v) is 5.92. The molecule has 2 rings (SSSR count). The van der Waals surface area contributed by atoms with E-state index in [1.165, 1.54) is 19.4 Å². The lowest BCUT2D eigenvalue weighted by atomic mass is 9.97. The molecule has 0 bridgehead atoms. The quantitative estimate of drug-likeness (QED) is 0.765. The first-order valence-electron chi connectivity index (χ1n) is 5.92. The highest BCUT2D eigenvalue weighted by molar-refractivity contribution is 4.80. The molecule has 1 aliphatic rings. The summed E-state index contributed by atoms with van der Waals surface area (Å²) in [6, 6.07) is 0. The Balaban J connectivity index is 1.57. The molecule has 0 aliphatic carbocycles. The number of nitrogens with one attached hydrogen (secondary N) is 1. The first-order chi connectivity index (χ1) is 7.84. The first kappa shape index (κ1) is 11.5. The Morgan fingerprint density at radius 3 is 3.19 bits per heavy atom. The highest BCUT2D eigenvalue weighted by atomic mass is 16.5. The monoisotopic (exact) mass is 225 g/mol. The Labute approximate surface area is 95.6 Å². The van der Waals surface area contributed by atoms with Crippen molar-refractivity contribution in [2.45, 2.75) is 32.8 Å². The van der Waals surface area contributed by atoms with Crippen LogP contribution in [0.4, 0.5) is 0 Å². The van der Waals surface area contributed by atoms with Crippen LogP contribution in [0, 0.1) is 12.8 Å². The molecule has 0 radical (unpaired) electrons. The molecule has 1 unspecified atom stereocenters. The molecule has 0 saturated carbocycles. The van der Waals surface area contributed by atoms with Gasteiger partial charge in [0.2, 0.25) is 5.89 Å². The molecular formula is C11H19N3O2. The van der Waals surface area contributed by atoms with Crippen molar-refractivity contribution in [3.05, 3.63) is 11.7 Å². The molecule has 1 aromatic rings. The Hall–Kier alpha value is -0.940. The summed E-state index contributed by atoms with van der Waals surface area (Å²) in [5.74, 6) is 2.00. The molecule has 1 aliphatic heterocycles. The number of nitrogens with zero attached hydrogens (tertiary/aromatic N) is 2. The van der Waals surface area contributed by atoms with Crippen LogP contribution in [0.2, 0.25) is 0 Å². The lowest BCUT2D eigenvalue weighted by Gasteiger charge is -2.22. The summed E-state index contributed by atoms with van der Waals surface area (Å²) in [4.78, 5) is 4.08. The van der Waals surface area contributed by atoms with E-state index in [0.29, 0.717) is 18.3 Å². The SMILES string of the molecule is Cc1nc(COCCC2CCCNC2)no1. The third-order valence-corrected chi connectivity index (χ3v) is 2.87. The molecule has 1 aromatic heterocycles. The van der Waals surface area contributed by atoms with Crippen LogP contribution in [0.25, 0.3) is 0 Å². The largest absolute Gasteiger partial charge is 0.373 e. The van der Waals surface area contributed by atoms with Crippen molar-refractivity contribution in [3.8, 4) is 0 Å². The molecule has 0 amide bonds. The average Bonchev–Trinajstić information content (AvgIpc) is 2.72. The van der Waals surface area contributed by atoms with Gasteiger partial charge in [-0.05, 0) is 38.3 Å². The van der Waals surface area contributed by atoms with E-state index in [4.69, 9.17) is 9.26 Å². The molecule has 1 N–H and O–H groups in total. The number of ether oxygens (including phenoxy) is 1. The highest BCUT2D eigenvalue weighted by Crippen LogP contribution is 2.13. The Morgan fingerprint density at radius 1 is 1.56 bits per heavy atom. The molecule has 5 nitrogen and oxygen atoms in total. The van der Waals surface area contributed by atoms with Crippen LogP contribution in [-0.4, -0.2) is 29.8 Å². The summed E-state index contributed by atoms with van der Waals surface area (Å²) >= 11 is 0. The van der Waals surface area contributed by atoms with Crippen molar-refractivity contribution in [1.82, 2.24) is 15.5 Å². The molecule has 0 aromatic carbocycles. The van der Waals surface area contributed by atoms with Crippen molar-refractivity contribution in [3.63, 3.8) is 0 Å². The van der Waals surface area contributed by atoms with E-state index in [1.54, 1.807) is 6.92 Å². The Kier molecular flexibility index (Phi) is 4.30.